The van der Waals surface area contributed by atoms with Gasteiger partial charge in [0.2, 0.25) is 5.91 Å². The number of furan rings is 1. The molecular weight excluding hydrogens is 365 g/mol. The van der Waals surface area contributed by atoms with Crippen LogP contribution in [0.25, 0.3) is 0 Å². The molecule has 7 nitrogen and oxygen atoms in total. The lowest BCUT2D eigenvalue weighted by molar-refractivity contribution is -0.201. The summed E-state index contributed by atoms with van der Waals surface area (Å²) in [5.74, 6) is -1.87. The van der Waals surface area contributed by atoms with Crippen LogP contribution in [0.2, 0.25) is 0 Å². The van der Waals surface area contributed by atoms with Gasteiger partial charge < -0.3 is 14.6 Å². The van der Waals surface area contributed by atoms with Crippen LogP contribution in [-0.2, 0) is 14.6 Å². The van der Waals surface area contributed by atoms with Crippen LogP contribution in [0.4, 0.5) is 13.2 Å². The third-order valence-corrected chi connectivity index (χ3v) is 5.50. The average molecular weight is 380 g/mol. The number of likely N-dealkylation sites (tertiary alicyclic amines) is 1. The lowest BCUT2D eigenvalue weighted by atomic mass is 10.00. The Morgan fingerprint density at radius 3 is 2.36 bits per heavy atom. The second-order valence-corrected chi connectivity index (χ2v) is 8.39. The zero-order chi connectivity index (χ0) is 18.6. The number of amides is 2. The Kier molecular flexibility index (Phi) is 3.90. The van der Waals surface area contributed by atoms with Gasteiger partial charge in [-0.2, -0.15) is 13.2 Å². The smallest absolute Gasteiger partial charge is 0.403 e. The number of hydrogen-bond acceptors (Lipinski definition) is 5. The minimum absolute atomic E-state index is 0.0257. The molecule has 1 aliphatic heterocycles. The number of hydrogen-bond donors (Lipinski definition) is 1. The second kappa shape index (κ2) is 5.48. The summed E-state index contributed by atoms with van der Waals surface area (Å²) < 4.78 is 66.3. The van der Waals surface area contributed by atoms with Gasteiger partial charge >= 0.3 is 6.18 Å². The van der Waals surface area contributed by atoms with Crippen molar-refractivity contribution in [2.75, 3.05) is 19.3 Å². The fourth-order valence-electron chi connectivity index (χ4n) is 2.67. The number of carbonyl (C=O) groups is 2. The van der Waals surface area contributed by atoms with E-state index >= 15 is 0 Å². The van der Waals surface area contributed by atoms with Gasteiger partial charge in [0.15, 0.2) is 15.6 Å². The molecule has 1 aromatic rings. The van der Waals surface area contributed by atoms with Crippen molar-refractivity contribution < 1.29 is 35.6 Å². The molecule has 11 heteroatoms. The van der Waals surface area contributed by atoms with Gasteiger partial charge in [0.1, 0.15) is 16.6 Å². The molecule has 1 aromatic heterocycles. The highest BCUT2D eigenvalue weighted by molar-refractivity contribution is 7.90. The lowest BCUT2D eigenvalue weighted by Gasteiger charge is -2.41. The maximum atomic E-state index is 12.9. The van der Waals surface area contributed by atoms with Gasteiger partial charge in [-0.15, -0.1) is 0 Å². The molecule has 0 bridgehead atoms. The monoisotopic (exact) mass is 380 g/mol. The highest BCUT2D eigenvalue weighted by atomic mass is 32.2. The van der Waals surface area contributed by atoms with E-state index in [2.05, 4.69) is 5.32 Å². The molecule has 25 heavy (non-hydrogen) atoms. The molecule has 1 aliphatic carbocycles. The van der Waals surface area contributed by atoms with Gasteiger partial charge in [0.25, 0.3) is 5.91 Å². The van der Waals surface area contributed by atoms with Gasteiger partial charge in [0, 0.05) is 25.4 Å². The summed E-state index contributed by atoms with van der Waals surface area (Å²) in [5, 5.41) is 2.49. The van der Waals surface area contributed by atoms with Gasteiger partial charge in [0.05, 0.1) is 6.04 Å². The third-order valence-electron chi connectivity index (χ3n) is 4.43. The minimum Gasteiger partial charge on any atom is -0.458 e. The van der Waals surface area contributed by atoms with Gasteiger partial charge in [-0.1, -0.05) is 0 Å². The molecule has 138 valence electrons. The van der Waals surface area contributed by atoms with Crippen molar-refractivity contribution >= 4 is 21.7 Å². The average Bonchev–Trinajstić information content (AvgIpc) is 3.10. The summed E-state index contributed by atoms with van der Waals surface area (Å²) in [6.07, 6.45) is -3.08. The summed E-state index contributed by atoms with van der Waals surface area (Å²) in [7, 11) is -3.51. The first-order valence-corrected chi connectivity index (χ1v) is 9.29. The molecular formula is C14H15F3N2O5S. The quantitative estimate of drug-likeness (QED) is 0.840. The molecule has 2 heterocycles. The van der Waals surface area contributed by atoms with E-state index in [1.165, 1.54) is 0 Å². The molecule has 3 rings (SSSR count). The van der Waals surface area contributed by atoms with Crippen molar-refractivity contribution in [3.8, 4) is 0 Å². The Labute approximate surface area is 141 Å². The summed E-state index contributed by atoms with van der Waals surface area (Å²) in [6, 6.07) is 0.557. The molecule has 0 unspecified atom stereocenters. The van der Waals surface area contributed by atoms with Crippen LogP contribution in [-0.4, -0.2) is 56.7 Å². The van der Waals surface area contributed by atoms with Crippen molar-refractivity contribution in [1.82, 2.24) is 10.2 Å². The van der Waals surface area contributed by atoms with E-state index in [1.54, 1.807) is 0 Å². The van der Waals surface area contributed by atoms with Gasteiger partial charge in [-0.05, 0) is 12.8 Å². The van der Waals surface area contributed by atoms with Crippen LogP contribution in [0.15, 0.2) is 21.6 Å². The first-order chi connectivity index (χ1) is 11.4. The van der Waals surface area contributed by atoms with Crippen molar-refractivity contribution in [1.29, 1.82) is 0 Å². The Hall–Kier alpha value is -2.04. The van der Waals surface area contributed by atoms with E-state index in [0.717, 1.165) is 23.5 Å². The van der Waals surface area contributed by atoms with Crippen LogP contribution < -0.4 is 5.32 Å². The highest BCUT2D eigenvalue weighted by Gasteiger charge is 2.70. The number of halogens is 3. The van der Waals surface area contributed by atoms with Crippen molar-refractivity contribution in [2.45, 2.75) is 30.0 Å². The normalized spacial score (nSPS) is 20.1. The van der Waals surface area contributed by atoms with Crippen LogP contribution in [0, 0.1) is 5.41 Å². The predicted octanol–water partition coefficient (Wildman–Crippen LogP) is 0.966. The van der Waals surface area contributed by atoms with E-state index in [9.17, 15) is 31.2 Å². The highest BCUT2D eigenvalue weighted by Crippen LogP contribution is 2.58. The van der Waals surface area contributed by atoms with Gasteiger partial charge in [-0.25, -0.2) is 8.42 Å². The standard InChI is InChI=1S/C14H15F3N2O5S/c1-25(22,23)9-4-10(24-7-9)11(20)18-8-5-19(6-8)12(21)13(2-3-13)14(15,16)17/h4,7-8H,2-3,5-6H2,1H3,(H,18,20). The summed E-state index contributed by atoms with van der Waals surface area (Å²) in [5.41, 5.74) is -2.26. The number of sulfone groups is 1. The fraction of sp³-hybridized carbons (Fsp3) is 0.571. The first kappa shape index (κ1) is 17.8. The largest absolute Gasteiger partial charge is 0.458 e. The molecule has 1 N–H and O–H groups in total. The lowest BCUT2D eigenvalue weighted by Crippen LogP contribution is -2.63. The minimum atomic E-state index is -4.56. The van der Waals surface area contributed by atoms with E-state index in [1.807, 2.05) is 0 Å². The summed E-state index contributed by atoms with van der Waals surface area (Å²) >= 11 is 0. The second-order valence-electron chi connectivity index (χ2n) is 6.38. The molecule has 1 saturated heterocycles. The fourth-order valence-corrected chi connectivity index (χ4v) is 3.21. The number of alkyl halides is 3. The van der Waals surface area contributed by atoms with Crippen molar-refractivity contribution in [3.05, 3.63) is 18.1 Å². The molecule has 0 aromatic carbocycles. The maximum Gasteiger partial charge on any atom is 0.403 e. The summed E-state index contributed by atoms with van der Waals surface area (Å²) in [6.45, 7) is -0.0515. The Balaban J connectivity index is 1.55. The molecule has 0 spiro atoms. The number of nitrogens with zero attached hydrogens (tertiary/aromatic N) is 1. The van der Waals surface area contributed by atoms with Crippen molar-refractivity contribution in [2.24, 2.45) is 5.41 Å². The molecule has 2 aliphatic rings. The Morgan fingerprint density at radius 2 is 1.92 bits per heavy atom. The molecule has 1 saturated carbocycles. The molecule has 0 radical (unpaired) electrons. The van der Waals surface area contributed by atoms with Crippen LogP contribution in [0.5, 0.6) is 0 Å². The number of carbonyl (C=O) groups excluding carboxylic acids is 2. The third kappa shape index (κ3) is 3.12. The van der Waals surface area contributed by atoms with Crippen molar-refractivity contribution in [3.63, 3.8) is 0 Å². The zero-order valence-corrected chi connectivity index (χ0v) is 13.9. The van der Waals surface area contributed by atoms with E-state index in [-0.39, 0.29) is 36.6 Å². The molecule has 0 atom stereocenters. The number of rotatable bonds is 4. The topological polar surface area (TPSA) is 96.7 Å². The van der Waals surface area contributed by atoms with Crippen LogP contribution in [0.3, 0.4) is 0 Å². The van der Waals surface area contributed by atoms with E-state index in [4.69, 9.17) is 4.42 Å². The molecule has 2 fully saturated rings. The predicted molar refractivity (Wildman–Crippen MR) is 77.4 cm³/mol. The zero-order valence-electron chi connectivity index (χ0n) is 13.1. The first-order valence-electron chi connectivity index (χ1n) is 7.40. The van der Waals surface area contributed by atoms with Crippen LogP contribution >= 0.6 is 0 Å². The summed E-state index contributed by atoms with van der Waals surface area (Å²) in [4.78, 5) is 24.8. The molecule has 2 amide bonds. The van der Waals surface area contributed by atoms with Crippen LogP contribution in [0.1, 0.15) is 23.4 Å². The van der Waals surface area contributed by atoms with E-state index in [0.29, 0.717) is 0 Å². The maximum absolute atomic E-state index is 12.9. The SMILES string of the molecule is CS(=O)(=O)c1coc(C(=O)NC2CN(C(=O)C3(C(F)(F)F)CC3)C2)c1. The Morgan fingerprint density at radius 1 is 1.32 bits per heavy atom. The number of nitrogens with one attached hydrogen (secondary N) is 1. The van der Waals surface area contributed by atoms with Gasteiger partial charge in [-0.3, -0.25) is 9.59 Å². The Bertz CT molecular complexity index is 820. The van der Waals surface area contributed by atoms with E-state index < -0.39 is 39.3 Å².